The number of nitrogens with one attached hydrogen (secondary N) is 1. The zero-order chi connectivity index (χ0) is 12.7. The molecule has 1 aromatic heterocycles. The molecule has 0 saturated heterocycles. The van der Waals surface area contributed by atoms with Gasteiger partial charge in [-0.15, -0.1) is 0 Å². The average Bonchev–Trinajstić information content (AvgIpc) is 2.60. The van der Waals surface area contributed by atoms with Crippen LogP contribution < -0.4 is 5.32 Å². The Morgan fingerprint density at radius 3 is 2.88 bits per heavy atom. The highest BCUT2D eigenvalue weighted by molar-refractivity contribution is 7.92. The van der Waals surface area contributed by atoms with E-state index in [0.29, 0.717) is 6.54 Å². The first-order chi connectivity index (χ1) is 7.81. The molecule has 96 valence electrons. The molecule has 0 radical (unpaired) electrons. The number of imidazole rings is 1. The maximum atomic E-state index is 11.7. The molecule has 2 heterocycles. The molecule has 1 aliphatic heterocycles. The lowest BCUT2D eigenvalue weighted by atomic mass is 10.1. The minimum absolute atomic E-state index is 0.466. The highest BCUT2D eigenvalue weighted by atomic mass is 32.2. The van der Waals surface area contributed by atoms with Crippen LogP contribution in [0, 0.1) is 0 Å². The first-order valence-corrected chi connectivity index (χ1v) is 7.63. The van der Waals surface area contributed by atoms with Gasteiger partial charge in [-0.2, -0.15) is 0 Å². The summed E-state index contributed by atoms with van der Waals surface area (Å²) in [6.07, 6.45) is 3.96. The topological polar surface area (TPSA) is 64.0 Å². The van der Waals surface area contributed by atoms with Gasteiger partial charge in [-0.05, 0) is 13.8 Å². The van der Waals surface area contributed by atoms with Crippen LogP contribution >= 0.6 is 0 Å². The Bertz CT molecular complexity index is 517. The van der Waals surface area contributed by atoms with Crippen molar-refractivity contribution in [3.8, 4) is 0 Å². The molecule has 0 saturated carbocycles. The van der Waals surface area contributed by atoms with Crippen molar-refractivity contribution in [2.75, 3.05) is 12.8 Å². The molecule has 5 nitrogen and oxygen atoms in total. The minimum atomic E-state index is -3.07. The number of hydrogen-bond acceptors (Lipinski definition) is 4. The van der Waals surface area contributed by atoms with Crippen LogP contribution in [0.25, 0.3) is 0 Å². The van der Waals surface area contributed by atoms with Gasteiger partial charge in [-0.3, -0.25) is 0 Å². The molecule has 17 heavy (non-hydrogen) atoms. The van der Waals surface area contributed by atoms with Crippen LogP contribution in [0.2, 0.25) is 0 Å². The molecule has 2 rings (SSSR count). The van der Waals surface area contributed by atoms with E-state index in [-0.39, 0.29) is 0 Å². The zero-order valence-electron chi connectivity index (χ0n) is 10.5. The second-order valence-electron chi connectivity index (χ2n) is 5.22. The van der Waals surface area contributed by atoms with Gasteiger partial charge in [0.1, 0.15) is 0 Å². The van der Waals surface area contributed by atoms with E-state index in [0.717, 1.165) is 25.2 Å². The van der Waals surface area contributed by atoms with Crippen LogP contribution in [0.3, 0.4) is 0 Å². The van der Waals surface area contributed by atoms with Gasteiger partial charge in [0.25, 0.3) is 0 Å². The summed E-state index contributed by atoms with van der Waals surface area (Å²) in [5.41, 5.74) is 2.21. The SMILES string of the molecule is CC(C)(Cn1cnc2c1CCNC2)S(C)(=O)=O. The van der Waals surface area contributed by atoms with E-state index in [4.69, 9.17) is 0 Å². The summed E-state index contributed by atoms with van der Waals surface area (Å²) in [4.78, 5) is 4.33. The van der Waals surface area contributed by atoms with Crippen molar-refractivity contribution in [3.63, 3.8) is 0 Å². The fraction of sp³-hybridized carbons (Fsp3) is 0.727. The summed E-state index contributed by atoms with van der Waals surface area (Å²) in [6.45, 7) is 5.69. The van der Waals surface area contributed by atoms with Crippen molar-refractivity contribution < 1.29 is 8.42 Å². The Morgan fingerprint density at radius 1 is 1.53 bits per heavy atom. The monoisotopic (exact) mass is 257 g/mol. The second kappa shape index (κ2) is 4.10. The largest absolute Gasteiger partial charge is 0.333 e. The van der Waals surface area contributed by atoms with Crippen LogP contribution in [-0.4, -0.2) is 35.5 Å². The molecule has 0 spiro atoms. The van der Waals surface area contributed by atoms with E-state index in [1.807, 2.05) is 4.57 Å². The Kier molecular flexibility index (Phi) is 3.03. The van der Waals surface area contributed by atoms with Crippen molar-refractivity contribution in [2.45, 2.75) is 38.1 Å². The third-order valence-corrected chi connectivity index (χ3v) is 5.56. The van der Waals surface area contributed by atoms with Crippen molar-refractivity contribution in [3.05, 3.63) is 17.7 Å². The Hall–Kier alpha value is -0.880. The molecular weight excluding hydrogens is 238 g/mol. The zero-order valence-corrected chi connectivity index (χ0v) is 11.3. The fourth-order valence-electron chi connectivity index (χ4n) is 1.96. The van der Waals surface area contributed by atoms with Gasteiger partial charge in [0.15, 0.2) is 9.84 Å². The first-order valence-electron chi connectivity index (χ1n) is 5.74. The lowest BCUT2D eigenvalue weighted by molar-refractivity contribution is 0.488. The third kappa shape index (κ3) is 2.37. The van der Waals surface area contributed by atoms with E-state index in [2.05, 4.69) is 10.3 Å². The fourth-order valence-corrected chi connectivity index (χ4v) is 2.34. The van der Waals surface area contributed by atoms with E-state index < -0.39 is 14.6 Å². The van der Waals surface area contributed by atoms with Crippen molar-refractivity contribution in [1.82, 2.24) is 14.9 Å². The van der Waals surface area contributed by atoms with Gasteiger partial charge in [-0.1, -0.05) is 0 Å². The van der Waals surface area contributed by atoms with Crippen LogP contribution in [0.5, 0.6) is 0 Å². The summed E-state index contributed by atoms with van der Waals surface area (Å²) in [7, 11) is -3.07. The van der Waals surface area contributed by atoms with Gasteiger partial charge in [0.2, 0.25) is 0 Å². The molecule has 0 bridgehead atoms. The number of rotatable bonds is 3. The van der Waals surface area contributed by atoms with E-state index in [1.165, 1.54) is 11.9 Å². The van der Waals surface area contributed by atoms with Crippen molar-refractivity contribution in [1.29, 1.82) is 0 Å². The summed E-state index contributed by atoms with van der Waals surface area (Å²) in [5, 5.41) is 3.25. The maximum absolute atomic E-state index is 11.7. The molecule has 0 unspecified atom stereocenters. The highest BCUT2D eigenvalue weighted by Gasteiger charge is 2.31. The van der Waals surface area contributed by atoms with Crippen molar-refractivity contribution >= 4 is 9.84 Å². The predicted octanol–water partition coefficient (Wildman–Crippen LogP) is 0.352. The van der Waals surface area contributed by atoms with E-state index in [9.17, 15) is 8.42 Å². The molecule has 1 aliphatic rings. The molecule has 0 aliphatic carbocycles. The maximum Gasteiger partial charge on any atom is 0.154 e. The Labute approximate surface area is 102 Å². The van der Waals surface area contributed by atoms with Crippen LogP contribution in [0.4, 0.5) is 0 Å². The molecule has 1 aromatic rings. The van der Waals surface area contributed by atoms with E-state index in [1.54, 1.807) is 20.2 Å². The Balaban J connectivity index is 2.28. The van der Waals surface area contributed by atoms with Gasteiger partial charge in [0, 0.05) is 38.0 Å². The van der Waals surface area contributed by atoms with Gasteiger partial charge in [-0.25, -0.2) is 13.4 Å². The number of nitrogens with zero attached hydrogens (tertiary/aromatic N) is 2. The quantitative estimate of drug-likeness (QED) is 0.849. The van der Waals surface area contributed by atoms with Crippen LogP contribution in [-0.2, 0) is 29.3 Å². The molecule has 0 aromatic carbocycles. The lowest BCUT2D eigenvalue weighted by Crippen LogP contribution is -2.36. The third-order valence-electron chi connectivity index (χ3n) is 3.42. The average molecular weight is 257 g/mol. The molecule has 6 heteroatoms. The van der Waals surface area contributed by atoms with Crippen molar-refractivity contribution in [2.24, 2.45) is 0 Å². The summed E-state index contributed by atoms with van der Waals surface area (Å²) >= 11 is 0. The summed E-state index contributed by atoms with van der Waals surface area (Å²) < 4.78 is 24.6. The molecule has 0 amide bonds. The number of hydrogen-bond donors (Lipinski definition) is 1. The molecule has 1 N–H and O–H groups in total. The molecular formula is C11H19N3O2S. The second-order valence-corrected chi connectivity index (χ2v) is 7.87. The summed E-state index contributed by atoms with van der Waals surface area (Å²) in [5.74, 6) is 0. The highest BCUT2D eigenvalue weighted by Crippen LogP contribution is 2.21. The summed E-state index contributed by atoms with van der Waals surface area (Å²) in [6, 6.07) is 0. The van der Waals surface area contributed by atoms with Crippen LogP contribution in [0.1, 0.15) is 25.2 Å². The normalized spacial score (nSPS) is 16.9. The smallest absolute Gasteiger partial charge is 0.154 e. The van der Waals surface area contributed by atoms with E-state index >= 15 is 0 Å². The lowest BCUT2D eigenvalue weighted by Gasteiger charge is -2.25. The molecule has 0 atom stereocenters. The number of sulfone groups is 1. The van der Waals surface area contributed by atoms with Gasteiger partial charge < -0.3 is 9.88 Å². The minimum Gasteiger partial charge on any atom is -0.333 e. The number of fused-ring (bicyclic) bond motifs is 1. The first kappa shape index (κ1) is 12.6. The Morgan fingerprint density at radius 2 is 2.24 bits per heavy atom. The van der Waals surface area contributed by atoms with Gasteiger partial charge >= 0.3 is 0 Å². The standard InChI is InChI=1S/C11H19N3O2S/c1-11(2,17(3,15)16)7-14-8-13-9-6-12-5-4-10(9)14/h8,12H,4-7H2,1-3H3. The number of aromatic nitrogens is 2. The van der Waals surface area contributed by atoms with Gasteiger partial charge in [0.05, 0.1) is 16.8 Å². The predicted molar refractivity (Wildman–Crippen MR) is 66.6 cm³/mol. The van der Waals surface area contributed by atoms with Crippen LogP contribution in [0.15, 0.2) is 6.33 Å². The molecule has 0 fully saturated rings.